The van der Waals surface area contributed by atoms with Gasteiger partial charge in [0.2, 0.25) is 0 Å². The van der Waals surface area contributed by atoms with Gasteiger partial charge in [0.1, 0.15) is 10.8 Å². The van der Waals surface area contributed by atoms with Crippen molar-refractivity contribution in [2.75, 3.05) is 4.90 Å². The summed E-state index contributed by atoms with van der Waals surface area (Å²) in [5.41, 5.74) is 4.00. The van der Waals surface area contributed by atoms with Crippen LogP contribution in [0.1, 0.15) is 29.3 Å². The van der Waals surface area contributed by atoms with Gasteiger partial charge in [-0.15, -0.1) is 11.3 Å². The molecule has 0 saturated carbocycles. The Morgan fingerprint density at radius 3 is 2.76 bits per heavy atom. The van der Waals surface area contributed by atoms with E-state index in [1.165, 1.54) is 17.4 Å². The van der Waals surface area contributed by atoms with Gasteiger partial charge >= 0.3 is 5.97 Å². The predicted octanol–water partition coefficient (Wildman–Crippen LogP) is 5.27. The zero-order valence-electron chi connectivity index (χ0n) is 18.3. The van der Waals surface area contributed by atoms with E-state index < -0.39 is 12.1 Å². The molecule has 2 aromatic heterocycles. The van der Waals surface area contributed by atoms with Crippen LogP contribution in [-0.2, 0) is 11.3 Å². The number of thiazole rings is 1. The molecule has 0 fully saturated rings. The number of aromatic nitrogens is 2. The second-order valence-electron chi connectivity index (χ2n) is 7.88. The molecular formula is C26H21N3O4S. The lowest BCUT2D eigenvalue weighted by atomic mass is 10.0. The van der Waals surface area contributed by atoms with E-state index in [1.54, 1.807) is 23.2 Å². The van der Waals surface area contributed by atoms with Gasteiger partial charge in [-0.25, -0.2) is 9.78 Å². The second kappa shape index (κ2) is 9.07. The number of carbonyl (C=O) groups is 2. The van der Waals surface area contributed by atoms with E-state index >= 15 is 0 Å². The zero-order valence-corrected chi connectivity index (χ0v) is 19.2. The first-order valence-electron chi connectivity index (χ1n) is 10.8. The maximum Gasteiger partial charge on any atom is 0.335 e. The topological polar surface area (TPSA) is 92.6 Å². The summed E-state index contributed by atoms with van der Waals surface area (Å²) in [4.78, 5) is 35.4. The molecule has 4 aromatic rings. The van der Waals surface area contributed by atoms with E-state index in [9.17, 15) is 14.7 Å². The van der Waals surface area contributed by atoms with Gasteiger partial charge in [-0.3, -0.25) is 9.78 Å². The van der Waals surface area contributed by atoms with Crippen molar-refractivity contribution in [3.05, 3.63) is 83.4 Å². The Kier molecular flexibility index (Phi) is 5.81. The van der Waals surface area contributed by atoms with Gasteiger partial charge in [0.25, 0.3) is 5.91 Å². The number of anilines is 1. The number of ether oxygens (including phenoxy) is 1. The summed E-state index contributed by atoms with van der Waals surface area (Å²) in [6.07, 6.45) is 1.68. The highest BCUT2D eigenvalue weighted by molar-refractivity contribution is 7.13. The Bertz CT molecular complexity index is 1370. The molecule has 34 heavy (non-hydrogen) atoms. The minimum absolute atomic E-state index is 0.152. The van der Waals surface area contributed by atoms with Crippen LogP contribution in [0.15, 0.2) is 72.2 Å². The molecule has 0 spiro atoms. The molecule has 0 aliphatic carbocycles. The number of hydrogen-bond acceptors (Lipinski definition) is 6. The number of fused-ring (bicyclic) bond motifs is 1. The summed E-state index contributed by atoms with van der Waals surface area (Å²) in [7, 11) is 0. The zero-order chi connectivity index (χ0) is 23.7. The molecule has 0 radical (unpaired) electrons. The number of hydrogen-bond donors (Lipinski definition) is 1. The van der Waals surface area contributed by atoms with Crippen molar-refractivity contribution in [2.45, 2.75) is 26.0 Å². The number of benzene rings is 2. The Hall–Kier alpha value is -4.04. The lowest BCUT2D eigenvalue weighted by Crippen LogP contribution is -2.45. The quantitative estimate of drug-likeness (QED) is 0.412. The smallest absolute Gasteiger partial charge is 0.335 e. The number of amides is 1. The van der Waals surface area contributed by atoms with Crippen molar-refractivity contribution in [2.24, 2.45) is 0 Å². The molecule has 1 unspecified atom stereocenters. The van der Waals surface area contributed by atoms with E-state index in [1.807, 2.05) is 54.8 Å². The van der Waals surface area contributed by atoms with Crippen molar-refractivity contribution in [1.29, 1.82) is 0 Å². The van der Waals surface area contributed by atoms with Crippen LogP contribution < -0.4 is 9.64 Å². The fraction of sp³-hybridized carbons (Fsp3) is 0.154. The van der Waals surface area contributed by atoms with Crippen LogP contribution in [0.3, 0.4) is 0 Å². The third kappa shape index (κ3) is 4.15. The summed E-state index contributed by atoms with van der Waals surface area (Å²) in [6, 6.07) is 18.0. The number of carboxylic acids is 1. The van der Waals surface area contributed by atoms with E-state index in [-0.39, 0.29) is 18.0 Å². The summed E-state index contributed by atoms with van der Waals surface area (Å²) in [6.45, 7) is 2.14. The Morgan fingerprint density at radius 2 is 2.00 bits per heavy atom. The van der Waals surface area contributed by atoms with Crippen molar-refractivity contribution >= 4 is 28.9 Å². The summed E-state index contributed by atoms with van der Waals surface area (Å²) < 4.78 is 5.98. The molecule has 0 saturated heterocycles. The average molecular weight is 472 g/mol. The lowest BCUT2D eigenvalue weighted by Gasteiger charge is -2.34. The van der Waals surface area contributed by atoms with Crippen LogP contribution in [0.2, 0.25) is 0 Å². The number of carbonyl (C=O) groups excluding carboxylic acids is 1. The Balaban J connectivity index is 1.52. The minimum atomic E-state index is -1.00. The molecule has 1 aliphatic rings. The van der Waals surface area contributed by atoms with E-state index in [0.29, 0.717) is 17.9 Å². The van der Waals surface area contributed by atoms with Gasteiger partial charge in [0.15, 0.2) is 6.10 Å². The predicted molar refractivity (Wildman–Crippen MR) is 130 cm³/mol. The van der Waals surface area contributed by atoms with Gasteiger partial charge < -0.3 is 14.7 Å². The van der Waals surface area contributed by atoms with Gasteiger partial charge in [0.05, 0.1) is 29.2 Å². The third-order valence-electron chi connectivity index (χ3n) is 5.63. The highest BCUT2D eigenvalue weighted by Crippen LogP contribution is 2.39. The molecular weight excluding hydrogens is 450 g/mol. The van der Waals surface area contributed by atoms with Gasteiger partial charge in [-0.2, -0.15) is 0 Å². The molecule has 1 atom stereocenters. The molecule has 170 valence electrons. The molecule has 1 aliphatic heterocycles. The van der Waals surface area contributed by atoms with E-state index in [4.69, 9.17) is 9.72 Å². The number of nitrogens with zero attached hydrogens (tertiary/aromatic N) is 3. The molecule has 7 nitrogen and oxygen atoms in total. The van der Waals surface area contributed by atoms with Crippen molar-refractivity contribution in [3.8, 4) is 27.7 Å². The third-order valence-corrected chi connectivity index (χ3v) is 6.49. The van der Waals surface area contributed by atoms with Crippen LogP contribution in [0, 0.1) is 0 Å². The standard InChI is InChI=1S/C26H21N3O4S/c1-2-22-25(30)29(14-16-6-5-7-18(12-16)26(31)32)21-13-17(9-10-23(21)33-22)20-15-34-24(28-20)19-8-3-4-11-27-19/h3-13,15,22H,2,14H2,1H3,(H,31,32). The van der Waals surface area contributed by atoms with Crippen LogP contribution in [0.25, 0.3) is 22.0 Å². The van der Waals surface area contributed by atoms with Crippen LogP contribution in [-0.4, -0.2) is 33.1 Å². The summed E-state index contributed by atoms with van der Waals surface area (Å²) in [5.74, 6) is -0.540. The fourth-order valence-electron chi connectivity index (χ4n) is 3.90. The highest BCUT2D eigenvalue weighted by atomic mass is 32.1. The molecule has 8 heteroatoms. The number of aromatic carboxylic acids is 1. The monoisotopic (exact) mass is 471 g/mol. The largest absolute Gasteiger partial charge is 0.478 e. The maximum atomic E-state index is 13.2. The minimum Gasteiger partial charge on any atom is -0.478 e. The first-order valence-corrected chi connectivity index (χ1v) is 11.7. The number of rotatable bonds is 6. The molecule has 2 aromatic carbocycles. The average Bonchev–Trinajstić information content (AvgIpc) is 3.36. The normalized spacial score (nSPS) is 15.0. The Labute approximate surface area is 200 Å². The van der Waals surface area contributed by atoms with Gasteiger partial charge in [0, 0.05) is 17.1 Å². The number of carboxylic acid groups (broad SMARTS) is 1. The van der Waals surface area contributed by atoms with E-state index in [2.05, 4.69) is 4.98 Å². The first kappa shape index (κ1) is 21.8. The molecule has 5 rings (SSSR count). The second-order valence-corrected chi connectivity index (χ2v) is 8.74. The molecule has 1 amide bonds. The Morgan fingerprint density at radius 1 is 1.12 bits per heavy atom. The summed E-state index contributed by atoms with van der Waals surface area (Å²) >= 11 is 1.51. The SMILES string of the molecule is CCC1Oc2ccc(-c3csc(-c4ccccn4)n3)cc2N(Cc2cccc(C(=O)O)c2)C1=O. The number of pyridine rings is 1. The van der Waals surface area contributed by atoms with Crippen LogP contribution in [0.5, 0.6) is 5.75 Å². The lowest BCUT2D eigenvalue weighted by molar-refractivity contribution is -0.126. The van der Waals surface area contributed by atoms with Crippen molar-refractivity contribution < 1.29 is 19.4 Å². The van der Waals surface area contributed by atoms with Crippen LogP contribution >= 0.6 is 11.3 Å². The van der Waals surface area contributed by atoms with E-state index in [0.717, 1.165) is 27.5 Å². The maximum absolute atomic E-state index is 13.2. The van der Waals surface area contributed by atoms with Crippen molar-refractivity contribution in [3.63, 3.8) is 0 Å². The van der Waals surface area contributed by atoms with Crippen molar-refractivity contribution in [1.82, 2.24) is 9.97 Å². The fourth-order valence-corrected chi connectivity index (χ4v) is 4.71. The molecule has 3 heterocycles. The van der Waals surface area contributed by atoms with Crippen LogP contribution in [0.4, 0.5) is 5.69 Å². The molecule has 1 N–H and O–H groups in total. The van der Waals surface area contributed by atoms with Gasteiger partial charge in [-0.05, 0) is 54.4 Å². The summed E-state index contributed by atoms with van der Waals surface area (Å²) in [5, 5.41) is 12.1. The van der Waals surface area contributed by atoms with Gasteiger partial charge in [-0.1, -0.05) is 25.1 Å². The highest BCUT2D eigenvalue weighted by Gasteiger charge is 2.33. The first-order chi connectivity index (χ1) is 16.5. The molecule has 0 bridgehead atoms.